The average molecular weight is 279 g/mol. The Morgan fingerprint density at radius 3 is 2.50 bits per heavy atom. The Bertz CT molecular complexity index is 368. The largest absolute Gasteiger partial charge is 0.494 e. The molecule has 1 aromatic rings. The predicted octanol–water partition coefficient (Wildman–Crippen LogP) is 3.94. The van der Waals surface area contributed by atoms with Gasteiger partial charge in [0, 0.05) is 6.61 Å². The summed E-state index contributed by atoms with van der Waals surface area (Å²) in [5.74, 6) is 0.930. The number of hydrogen-bond donors (Lipinski definition) is 1. The molecule has 0 aliphatic carbocycles. The highest BCUT2D eigenvalue weighted by molar-refractivity contribution is 5.31. The number of rotatable bonds is 10. The quantitative estimate of drug-likeness (QED) is 0.703. The molecule has 1 N–H and O–H groups in total. The van der Waals surface area contributed by atoms with Gasteiger partial charge in [0.15, 0.2) is 0 Å². The van der Waals surface area contributed by atoms with Crippen LogP contribution in [0, 0.1) is 0 Å². The van der Waals surface area contributed by atoms with E-state index in [9.17, 15) is 0 Å². The Hall–Kier alpha value is -1.06. The maximum atomic E-state index is 5.90. The van der Waals surface area contributed by atoms with Crippen LogP contribution in [0.4, 0.5) is 0 Å². The predicted molar refractivity (Wildman–Crippen MR) is 84.4 cm³/mol. The Kier molecular flexibility index (Phi) is 8.31. The molecule has 3 heteroatoms. The van der Waals surface area contributed by atoms with E-state index in [0.29, 0.717) is 6.61 Å². The molecule has 0 amide bonds. The molecule has 0 heterocycles. The molecule has 0 aliphatic heterocycles. The molecule has 114 valence electrons. The number of nitrogens with one attached hydrogen (secondary N) is 1. The van der Waals surface area contributed by atoms with Gasteiger partial charge in [-0.15, -0.1) is 0 Å². The zero-order valence-electron chi connectivity index (χ0n) is 13.3. The third-order valence-corrected chi connectivity index (χ3v) is 3.30. The number of hydrogen-bond acceptors (Lipinski definition) is 3. The second kappa shape index (κ2) is 9.78. The van der Waals surface area contributed by atoms with Crippen molar-refractivity contribution in [3.8, 4) is 5.75 Å². The standard InChI is InChI=1S/C17H29NO2/c1-5-12-18-17(16(6-2)20-8-4)14-10-9-11-15(13-14)19-7-3/h9-11,13,16-18H,5-8,12H2,1-4H3. The van der Waals surface area contributed by atoms with Gasteiger partial charge in [-0.05, 0) is 50.9 Å². The second-order valence-electron chi connectivity index (χ2n) is 4.84. The minimum absolute atomic E-state index is 0.198. The first-order valence-electron chi connectivity index (χ1n) is 7.84. The van der Waals surface area contributed by atoms with Crippen LogP contribution >= 0.6 is 0 Å². The van der Waals surface area contributed by atoms with Crippen LogP contribution in [0.1, 0.15) is 52.1 Å². The lowest BCUT2D eigenvalue weighted by Gasteiger charge is -2.28. The van der Waals surface area contributed by atoms with Gasteiger partial charge in [-0.2, -0.15) is 0 Å². The van der Waals surface area contributed by atoms with Gasteiger partial charge < -0.3 is 14.8 Å². The lowest BCUT2D eigenvalue weighted by molar-refractivity contribution is 0.0314. The van der Waals surface area contributed by atoms with E-state index in [1.165, 1.54) is 5.56 Å². The molecule has 0 saturated carbocycles. The van der Waals surface area contributed by atoms with Crippen LogP contribution in [0.5, 0.6) is 5.75 Å². The normalized spacial score (nSPS) is 14.0. The highest BCUT2D eigenvalue weighted by Gasteiger charge is 2.21. The summed E-state index contributed by atoms with van der Waals surface area (Å²) >= 11 is 0. The zero-order chi connectivity index (χ0) is 14.8. The molecule has 1 aromatic carbocycles. The molecule has 3 nitrogen and oxygen atoms in total. The molecule has 1 rings (SSSR count). The molecule has 2 unspecified atom stereocenters. The van der Waals surface area contributed by atoms with E-state index in [1.807, 2.05) is 13.0 Å². The summed E-state index contributed by atoms with van der Waals surface area (Å²) in [6, 6.07) is 8.56. The van der Waals surface area contributed by atoms with Gasteiger partial charge >= 0.3 is 0 Å². The van der Waals surface area contributed by atoms with E-state index >= 15 is 0 Å². The van der Waals surface area contributed by atoms with Gasteiger partial charge in [0.2, 0.25) is 0 Å². The van der Waals surface area contributed by atoms with Gasteiger partial charge in [-0.1, -0.05) is 26.0 Å². The van der Waals surface area contributed by atoms with Crippen molar-refractivity contribution in [3.05, 3.63) is 29.8 Å². The Labute approximate surface area is 123 Å². The molecule has 2 atom stereocenters. The molecular formula is C17H29NO2. The summed E-state index contributed by atoms with van der Waals surface area (Å²) in [7, 11) is 0. The maximum absolute atomic E-state index is 5.90. The molecule has 20 heavy (non-hydrogen) atoms. The van der Waals surface area contributed by atoms with E-state index in [1.54, 1.807) is 0 Å². The highest BCUT2D eigenvalue weighted by Crippen LogP contribution is 2.25. The summed E-state index contributed by atoms with van der Waals surface area (Å²) in [6.07, 6.45) is 2.31. The summed E-state index contributed by atoms with van der Waals surface area (Å²) in [5.41, 5.74) is 1.24. The van der Waals surface area contributed by atoms with Crippen LogP contribution in [0.2, 0.25) is 0 Å². The lowest BCUT2D eigenvalue weighted by atomic mass is 9.99. The van der Waals surface area contributed by atoms with Gasteiger partial charge in [0.05, 0.1) is 18.8 Å². The number of benzene rings is 1. The molecule has 0 aromatic heterocycles. The fourth-order valence-electron chi connectivity index (χ4n) is 2.39. The highest BCUT2D eigenvalue weighted by atomic mass is 16.5. The van der Waals surface area contributed by atoms with Crippen molar-refractivity contribution < 1.29 is 9.47 Å². The molecule has 0 bridgehead atoms. The topological polar surface area (TPSA) is 30.5 Å². The lowest BCUT2D eigenvalue weighted by Crippen LogP contribution is -2.34. The van der Waals surface area contributed by atoms with Crippen LogP contribution in [0.15, 0.2) is 24.3 Å². The van der Waals surface area contributed by atoms with E-state index < -0.39 is 0 Å². The van der Waals surface area contributed by atoms with Crippen molar-refractivity contribution in [2.75, 3.05) is 19.8 Å². The summed E-state index contributed by atoms with van der Waals surface area (Å²) in [4.78, 5) is 0. The third kappa shape index (κ3) is 5.14. The molecule has 0 saturated heterocycles. The van der Waals surface area contributed by atoms with E-state index in [-0.39, 0.29) is 12.1 Å². The van der Waals surface area contributed by atoms with Crippen LogP contribution < -0.4 is 10.1 Å². The first-order chi connectivity index (χ1) is 9.76. The summed E-state index contributed by atoms with van der Waals surface area (Å²) < 4.78 is 11.5. The molecular weight excluding hydrogens is 250 g/mol. The second-order valence-corrected chi connectivity index (χ2v) is 4.84. The molecule has 0 aliphatic rings. The van der Waals surface area contributed by atoms with Crippen molar-refractivity contribution >= 4 is 0 Å². The SMILES string of the molecule is CCCNC(c1cccc(OCC)c1)C(CC)OCC. The zero-order valence-corrected chi connectivity index (χ0v) is 13.3. The maximum Gasteiger partial charge on any atom is 0.119 e. The van der Waals surface area contributed by atoms with Crippen molar-refractivity contribution in [2.45, 2.75) is 52.7 Å². The monoisotopic (exact) mass is 279 g/mol. The van der Waals surface area contributed by atoms with Gasteiger partial charge in [0.1, 0.15) is 5.75 Å². The summed E-state index contributed by atoms with van der Waals surface area (Å²) in [5, 5.41) is 3.61. The number of ether oxygens (including phenoxy) is 2. The van der Waals surface area contributed by atoms with Crippen LogP contribution in [-0.2, 0) is 4.74 Å². The molecule has 0 radical (unpaired) electrons. The van der Waals surface area contributed by atoms with Crippen LogP contribution in [0.25, 0.3) is 0 Å². The van der Waals surface area contributed by atoms with Crippen molar-refractivity contribution in [1.29, 1.82) is 0 Å². The van der Waals surface area contributed by atoms with Crippen molar-refractivity contribution in [1.82, 2.24) is 5.32 Å². The Morgan fingerprint density at radius 1 is 1.10 bits per heavy atom. The smallest absolute Gasteiger partial charge is 0.119 e. The third-order valence-electron chi connectivity index (χ3n) is 3.30. The minimum atomic E-state index is 0.198. The first-order valence-corrected chi connectivity index (χ1v) is 7.84. The fourth-order valence-corrected chi connectivity index (χ4v) is 2.39. The van der Waals surface area contributed by atoms with E-state index in [2.05, 4.69) is 44.3 Å². The van der Waals surface area contributed by atoms with Gasteiger partial charge in [0.25, 0.3) is 0 Å². The summed E-state index contributed by atoms with van der Waals surface area (Å²) in [6.45, 7) is 10.8. The fraction of sp³-hybridized carbons (Fsp3) is 0.647. The van der Waals surface area contributed by atoms with E-state index in [4.69, 9.17) is 9.47 Å². The van der Waals surface area contributed by atoms with Crippen LogP contribution in [-0.4, -0.2) is 25.9 Å². The van der Waals surface area contributed by atoms with Crippen LogP contribution in [0.3, 0.4) is 0 Å². The Balaban J connectivity index is 2.92. The van der Waals surface area contributed by atoms with Gasteiger partial charge in [-0.3, -0.25) is 0 Å². The first kappa shape index (κ1) is 17.0. The minimum Gasteiger partial charge on any atom is -0.494 e. The van der Waals surface area contributed by atoms with Gasteiger partial charge in [-0.25, -0.2) is 0 Å². The Morgan fingerprint density at radius 2 is 1.90 bits per heavy atom. The molecule has 0 spiro atoms. The molecule has 0 fully saturated rings. The van der Waals surface area contributed by atoms with Crippen molar-refractivity contribution in [2.24, 2.45) is 0 Å². The van der Waals surface area contributed by atoms with Crippen molar-refractivity contribution in [3.63, 3.8) is 0 Å². The average Bonchev–Trinajstić information content (AvgIpc) is 2.47. The van der Waals surface area contributed by atoms with E-state index in [0.717, 1.165) is 31.7 Å².